The molecule has 0 bridgehead atoms. The average molecular weight is 288 g/mol. The number of nitrogens with one attached hydrogen (secondary N) is 1. The Morgan fingerprint density at radius 2 is 1.82 bits per heavy atom. The molecular weight excluding hydrogens is 261 g/mol. The van der Waals surface area contributed by atoms with Crippen molar-refractivity contribution in [1.29, 1.82) is 0 Å². The van der Waals surface area contributed by atoms with Crippen molar-refractivity contribution in [1.82, 2.24) is 10.2 Å². The molecule has 0 spiro atoms. The molecule has 0 saturated carbocycles. The highest BCUT2D eigenvalue weighted by molar-refractivity contribution is 5.85. The van der Waals surface area contributed by atoms with E-state index in [1.165, 1.54) is 0 Å². The highest BCUT2D eigenvalue weighted by Crippen LogP contribution is 1.94. The average Bonchev–Trinajstić information content (AvgIpc) is 2.14. The predicted molar refractivity (Wildman–Crippen MR) is 78.2 cm³/mol. The van der Waals surface area contributed by atoms with Crippen molar-refractivity contribution in [3.8, 4) is 0 Å². The van der Waals surface area contributed by atoms with Gasteiger partial charge in [-0.1, -0.05) is 0 Å². The molecule has 0 saturated heterocycles. The van der Waals surface area contributed by atoms with Crippen molar-refractivity contribution >= 4 is 30.7 Å². The second-order valence-corrected chi connectivity index (χ2v) is 4.44. The van der Waals surface area contributed by atoms with E-state index in [4.69, 9.17) is 5.73 Å². The summed E-state index contributed by atoms with van der Waals surface area (Å²) in [6.45, 7) is 7.80. The highest BCUT2D eigenvalue weighted by atomic mass is 35.5. The van der Waals surface area contributed by atoms with Crippen LogP contribution >= 0.6 is 24.8 Å². The largest absolute Gasteiger partial charge is 0.355 e. The van der Waals surface area contributed by atoms with Gasteiger partial charge in [-0.2, -0.15) is 0 Å². The zero-order valence-electron chi connectivity index (χ0n) is 11.2. The minimum atomic E-state index is 0. The zero-order chi connectivity index (χ0) is 11.8. The predicted octanol–water partition coefficient (Wildman–Crippen LogP) is 1.41. The van der Waals surface area contributed by atoms with Gasteiger partial charge in [-0.25, -0.2) is 0 Å². The maximum atomic E-state index is 11.3. The molecule has 4 nitrogen and oxygen atoms in total. The summed E-state index contributed by atoms with van der Waals surface area (Å²) in [6.07, 6.45) is 1.29. The summed E-state index contributed by atoms with van der Waals surface area (Å²) < 4.78 is 0. The molecule has 3 N–H and O–H groups in total. The topological polar surface area (TPSA) is 58.4 Å². The van der Waals surface area contributed by atoms with Crippen LogP contribution in [0.15, 0.2) is 0 Å². The van der Waals surface area contributed by atoms with Gasteiger partial charge in [0.05, 0.1) is 0 Å². The number of carbonyl (C=O) groups excluding carboxylic acids is 1. The molecule has 0 fully saturated rings. The molecule has 0 aromatic heterocycles. The van der Waals surface area contributed by atoms with Gasteiger partial charge < -0.3 is 16.0 Å². The molecule has 0 aliphatic carbocycles. The monoisotopic (exact) mass is 287 g/mol. The highest BCUT2D eigenvalue weighted by Gasteiger charge is 2.05. The van der Waals surface area contributed by atoms with Crippen molar-refractivity contribution in [3.05, 3.63) is 0 Å². The van der Waals surface area contributed by atoms with Crippen molar-refractivity contribution in [2.24, 2.45) is 5.73 Å². The summed E-state index contributed by atoms with van der Waals surface area (Å²) in [7, 11) is 2.05. The van der Waals surface area contributed by atoms with Crippen LogP contribution in [0.2, 0.25) is 0 Å². The first-order valence-corrected chi connectivity index (χ1v) is 5.66. The Labute approximate surface area is 118 Å². The first-order valence-electron chi connectivity index (χ1n) is 5.66. The van der Waals surface area contributed by atoms with Gasteiger partial charge in [-0.05, 0) is 34.2 Å². The van der Waals surface area contributed by atoms with Crippen LogP contribution in [0, 0.1) is 0 Å². The Morgan fingerprint density at radius 3 is 2.24 bits per heavy atom. The fourth-order valence-corrected chi connectivity index (χ4v) is 1.08. The maximum absolute atomic E-state index is 11.3. The number of carbonyl (C=O) groups is 1. The summed E-state index contributed by atoms with van der Waals surface area (Å²) in [5, 5.41) is 2.89. The molecule has 0 rings (SSSR count). The Morgan fingerprint density at radius 1 is 1.29 bits per heavy atom. The van der Waals surface area contributed by atoms with Crippen LogP contribution in [0.4, 0.5) is 0 Å². The number of likely N-dealkylation sites (N-methyl/N-ethyl adjacent to an activating group) is 1. The molecule has 106 valence electrons. The van der Waals surface area contributed by atoms with Gasteiger partial charge in [0, 0.05) is 31.6 Å². The van der Waals surface area contributed by atoms with Crippen LogP contribution in [0.1, 0.15) is 33.6 Å². The van der Waals surface area contributed by atoms with Gasteiger partial charge in [0.1, 0.15) is 0 Å². The van der Waals surface area contributed by atoms with Gasteiger partial charge in [-0.15, -0.1) is 24.8 Å². The molecular formula is C11H27Cl2N3O. The Kier molecular flexibility index (Phi) is 16.2. The number of nitrogens with zero attached hydrogens (tertiary/aromatic N) is 1. The van der Waals surface area contributed by atoms with Crippen LogP contribution in [0.25, 0.3) is 0 Å². The number of halogens is 2. The summed E-state index contributed by atoms with van der Waals surface area (Å²) in [5.74, 6) is 0.101. The second kappa shape index (κ2) is 12.4. The summed E-state index contributed by atoms with van der Waals surface area (Å²) in [4.78, 5) is 13.5. The Hall–Kier alpha value is -0.0300. The SMILES string of the molecule is CC(N)CCC(=O)NCCN(C)C(C)C.Cl.Cl. The lowest BCUT2D eigenvalue weighted by Crippen LogP contribution is -2.36. The van der Waals surface area contributed by atoms with Crippen molar-refractivity contribution in [2.75, 3.05) is 20.1 Å². The first-order chi connectivity index (χ1) is 6.93. The number of nitrogens with two attached hydrogens (primary N) is 1. The van der Waals surface area contributed by atoms with E-state index in [0.717, 1.165) is 13.0 Å². The molecule has 1 amide bonds. The lowest BCUT2D eigenvalue weighted by atomic mass is 10.2. The van der Waals surface area contributed by atoms with E-state index in [9.17, 15) is 4.79 Å². The summed E-state index contributed by atoms with van der Waals surface area (Å²) in [5.41, 5.74) is 5.57. The molecule has 17 heavy (non-hydrogen) atoms. The van der Waals surface area contributed by atoms with Gasteiger partial charge >= 0.3 is 0 Å². The smallest absolute Gasteiger partial charge is 0.220 e. The van der Waals surface area contributed by atoms with Gasteiger partial charge in [0.15, 0.2) is 0 Å². The molecule has 0 aromatic rings. The maximum Gasteiger partial charge on any atom is 0.220 e. The minimum absolute atomic E-state index is 0. The lowest BCUT2D eigenvalue weighted by Gasteiger charge is -2.20. The first kappa shape index (κ1) is 22.2. The van der Waals surface area contributed by atoms with E-state index in [0.29, 0.717) is 19.0 Å². The molecule has 0 radical (unpaired) electrons. The van der Waals surface area contributed by atoms with Crippen LogP contribution in [0.3, 0.4) is 0 Å². The lowest BCUT2D eigenvalue weighted by molar-refractivity contribution is -0.121. The number of hydrogen-bond acceptors (Lipinski definition) is 3. The van der Waals surface area contributed by atoms with Crippen LogP contribution in [-0.4, -0.2) is 43.0 Å². The molecule has 0 aliphatic rings. The quantitative estimate of drug-likeness (QED) is 0.745. The van der Waals surface area contributed by atoms with E-state index in [1.807, 2.05) is 6.92 Å². The van der Waals surface area contributed by atoms with E-state index in [2.05, 4.69) is 31.1 Å². The third kappa shape index (κ3) is 13.9. The Bertz CT molecular complexity index is 190. The molecule has 0 aromatic carbocycles. The molecule has 6 heteroatoms. The van der Waals surface area contributed by atoms with E-state index in [1.54, 1.807) is 0 Å². The molecule has 1 atom stereocenters. The molecule has 0 heterocycles. The van der Waals surface area contributed by atoms with Gasteiger partial charge in [0.25, 0.3) is 0 Å². The van der Waals surface area contributed by atoms with Crippen LogP contribution < -0.4 is 11.1 Å². The van der Waals surface area contributed by atoms with Crippen LogP contribution in [0.5, 0.6) is 0 Å². The fraction of sp³-hybridized carbons (Fsp3) is 0.909. The molecule has 0 aliphatic heterocycles. The van der Waals surface area contributed by atoms with E-state index < -0.39 is 0 Å². The number of rotatable bonds is 7. The van der Waals surface area contributed by atoms with Crippen molar-refractivity contribution in [3.63, 3.8) is 0 Å². The summed E-state index contributed by atoms with van der Waals surface area (Å²) >= 11 is 0. The third-order valence-corrected chi connectivity index (χ3v) is 2.49. The van der Waals surface area contributed by atoms with Gasteiger partial charge in [-0.3, -0.25) is 4.79 Å². The zero-order valence-corrected chi connectivity index (χ0v) is 12.9. The Balaban J connectivity index is -0.000000980. The molecule has 1 unspecified atom stereocenters. The third-order valence-electron chi connectivity index (χ3n) is 2.49. The van der Waals surface area contributed by atoms with Crippen LogP contribution in [-0.2, 0) is 4.79 Å². The van der Waals surface area contributed by atoms with Gasteiger partial charge in [0.2, 0.25) is 5.91 Å². The van der Waals surface area contributed by atoms with Crippen molar-refractivity contribution in [2.45, 2.75) is 45.7 Å². The van der Waals surface area contributed by atoms with E-state index in [-0.39, 0.29) is 36.8 Å². The normalized spacial score (nSPS) is 11.7. The second-order valence-electron chi connectivity index (χ2n) is 4.44. The summed E-state index contributed by atoms with van der Waals surface area (Å²) in [6, 6.07) is 0.625. The standard InChI is InChI=1S/C11H25N3O.2ClH/c1-9(2)14(4)8-7-13-11(15)6-5-10(3)12;;/h9-10H,5-8,12H2,1-4H3,(H,13,15);2*1H. The fourth-order valence-electron chi connectivity index (χ4n) is 1.08. The minimum Gasteiger partial charge on any atom is -0.355 e. The number of hydrogen-bond donors (Lipinski definition) is 2. The number of amides is 1. The van der Waals surface area contributed by atoms with E-state index >= 15 is 0 Å². The van der Waals surface area contributed by atoms with Crippen molar-refractivity contribution < 1.29 is 4.79 Å².